The van der Waals surface area contributed by atoms with Crippen LogP contribution in [0.4, 0.5) is 5.88 Å². The predicted molar refractivity (Wildman–Crippen MR) is 82.3 cm³/mol. The minimum atomic E-state index is 0.271. The molecule has 0 aliphatic rings. The third-order valence-electron chi connectivity index (χ3n) is 2.87. The standard InChI is InChI=1S/C14H9BrClN3O/c15-11-7-9(16)1-2-10(11)13-12(14(17)20-19-13)8-3-5-18-6-4-8/h1-7H,17H2. The highest BCUT2D eigenvalue weighted by atomic mass is 79.9. The van der Waals surface area contributed by atoms with Gasteiger partial charge in [-0.3, -0.25) is 4.98 Å². The molecule has 0 aliphatic heterocycles. The van der Waals surface area contributed by atoms with Crippen LogP contribution >= 0.6 is 27.5 Å². The molecule has 2 heterocycles. The highest BCUT2D eigenvalue weighted by molar-refractivity contribution is 9.10. The maximum Gasteiger partial charge on any atom is 0.230 e. The van der Waals surface area contributed by atoms with Gasteiger partial charge in [-0.15, -0.1) is 0 Å². The molecule has 6 heteroatoms. The summed E-state index contributed by atoms with van der Waals surface area (Å²) in [7, 11) is 0. The zero-order valence-corrected chi connectivity index (χ0v) is 12.5. The first-order valence-corrected chi connectivity index (χ1v) is 6.95. The topological polar surface area (TPSA) is 64.9 Å². The van der Waals surface area contributed by atoms with Gasteiger partial charge in [-0.1, -0.05) is 38.8 Å². The van der Waals surface area contributed by atoms with Crippen LogP contribution in [-0.2, 0) is 0 Å². The van der Waals surface area contributed by atoms with Gasteiger partial charge in [0, 0.05) is 27.5 Å². The molecule has 1 aromatic carbocycles. The van der Waals surface area contributed by atoms with Crippen molar-refractivity contribution in [3.05, 3.63) is 52.2 Å². The largest absolute Gasteiger partial charge is 0.367 e. The summed E-state index contributed by atoms with van der Waals surface area (Å²) in [5, 5.41) is 4.70. The summed E-state index contributed by atoms with van der Waals surface area (Å²) < 4.78 is 5.97. The molecule has 3 rings (SSSR count). The molecule has 0 unspecified atom stereocenters. The van der Waals surface area contributed by atoms with E-state index >= 15 is 0 Å². The van der Waals surface area contributed by atoms with E-state index in [1.165, 1.54) is 0 Å². The van der Waals surface area contributed by atoms with Crippen LogP contribution in [0.1, 0.15) is 0 Å². The number of hydrogen-bond donors (Lipinski definition) is 1. The molecule has 0 amide bonds. The van der Waals surface area contributed by atoms with Crippen molar-refractivity contribution in [1.29, 1.82) is 0 Å². The Morgan fingerprint density at radius 2 is 1.90 bits per heavy atom. The zero-order chi connectivity index (χ0) is 14.1. The normalized spacial score (nSPS) is 10.7. The van der Waals surface area contributed by atoms with Gasteiger partial charge in [0.15, 0.2) is 0 Å². The average molecular weight is 351 g/mol. The first-order chi connectivity index (χ1) is 9.66. The van der Waals surface area contributed by atoms with Crippen molar-refractivity contribution >= 4 is 33.4 Å². The maximum absolute atomic E-state index is 5.96. The molecular formula is C14H9BrClN3O. The third-order valence-corrected chi connectivity index (χ3v) is 3.76. The molecule has 0 spiro atoms. The van der Waals surface area contributed by atoms with E-state index < -0.39 is 0 Å². The molecule has 4 nitrogen and oxygen atoms in total. The molecule has 0 aliphatic carbocycles. The summed E-state index contributed by atoms with van der Waals surface area (Å²) in [6, 6.07) is 9.18. The van der Waals surface area contributed by atoms with Crippen molar-refractivity contribution in [2.75, 3.05) is 5.73 Å². The van der Waals surface area contributed by atoms with Crippen LogP contribution in [0.15, 0.2) is 51.7 Å². The summed E-state index contributed by atoms with van der Waals surface area (Å²) in [6.45, 7) is 0. The van der Waals surface area contributed by atoms with E-state index in [2.05, 4.69) is 26.1 Å². The first-order valence-electron chi connectivity index (χ1n) is 5.78. The van der Waals surface area contributed by atoms with Crippen LogP contribution in [0, 0.1) is 0 Å². The Kier molecular flexibility index (Phi) is 3.46. The summed E-state index contributed by atoms with van der Waals surface area (Å²) in [5.74, 6) is 0.271. The number of nitrogen functional groups attached to an aromatic ring is 1. The number of pyridine rings is 1. The summed E-state index contributed by atoms with van der Waals surface area (Å²) >= 11 is 9.44. The van der Waals surface area contributed by atoms with Crippen molar-refractivity contribution in [1.82, 2.24) is 10.1 Å². The molecule has 0 saturated heterocycles. The fourth-order valence-electron chi connectivity index (χ4n) is 1.97. The second kappa shape index (κ2) is 5.26. The minimum absolute atomic E-state index is 0.271. The van der Waals surface area contributed by atoms with Gasteiger partial charge in [-0.25, -0.2) is 0 Å². The molecule has 2 N–H and O–H groups in total. The van der Waals surface area contributed by atoms with Gasteiger partial charge in [-0.05, 0) is 29.8 Å². The summed E-state index contributed by atoms with van der Waals surface area (Å²) in [4.78, 5) is 4.00. The third kappa shape index (κ3) is 2.30. The first kappa shape index (κ1) is 13.1. The number of rotatable bonds is 2. The monoisotopic (exact) mass is 349 g/mol. The Balaban J connectivity index is 2.21. The summed E-state index contributed by atoms with van der Waals surface area (Å²) in [6.07, 6.45) is 3.39. The van der Waals surface area contributed by atoms with Crippen LogP contribution in [0.3, 0.4) is 0 Å². The van der Waals surface area contributed by atoms with Crippen LogP contribution in [0.2, 0.25) is 5.02 Å². The number of nitrogens with two attached hydrogens (primary N) is 1. The van der Waals surface area contributed by atoms with Crippen LogP contribution in [0.25, 0.3) is 22.4 Å². The molecule has 0 atom stereocenters. The fraction of sp³-hybridized carbons (Fsp3) is 0. The van der Waals surface area contributed by atoms with Crippen molar-refractivity contribution in [3.8, 4) is 22.4 Å². The van der Waals surface area contributed by atoms with Crippen molar-refractivity contribution in [2.24, 2.45) is 0 Å². The number of halogens is 2. The molecular weight excluding hydrogens is 342 g/mol. The van der Waals surface area contributed by atoms with Gasteiger partial charge in [0.25, 0.3) is 0 Å². The quantitative estimate of drug-likeness (QED) is 0.744. The lowest BCUT2D eigenvalue weighted by Gasteiger charge is -2.05. The molecule has 0 radical (unpaired) electrons. The molecule has 0 bridgehead atoms. The average Bonchev–Trinajstić information content (AvgIpc) is 2.81. The smallest absolute Gasteiger partial charge is 0.230 e. The fourth-order valence-corrected chi connectivity index (χ4v) is 2.84. The van der Waals surface area contributed by atoms with E-state index in [1.54, 1.807) is 24.5 Å². The Morgan fingerprint density at radius 3 is 2.60 bits per heavy atom. The van der Waals surface area contributed by atoms with Crippen LogP contribution < -0.4 is 5.73 Å². The van der Waals surface area contributed by atoms with E-state index in [9.17, 15) is 0 Å². The maximum atomic E-state index is 5.96. The number of aromatic nitrogens is 2. The number of hydrogen-bond acceptors (Lipinski definition) is 4. The Hall–Kier alpha value is -1.85. The van der Waals surface area contributed by atoms with E-state index in [-0.39, 0.29) is 5.88 Å². The van der Waals surface area contributed by atoms with Gasteiger partial charge in [0.05, 0.1) is 5.56 Å². The molecule has 0 saturated carbocycles. The predicted octanol–water partition coefficient (Wildman–Crippen LogP) is 4.40. The Labute approximate surface area is 128 Å². The molecule has 0 fully saturated rings. The Bertz CT molecular complexity index is 758. The molecule has 20 heavy (non-hydrogen) atoms. The van der Waals surface area contributed by atoms with E-state index in [1.807, 2.05) is 18.2 Å². The van der Waals surface area contributed by atoms with E-state index in [4.69, 9.17) is 21.9 Å². The molecule has 3 aromatic rings. The SMILES string of the molecule is Nc1onc(-c2ccc(Cl)cc2Br)c1-c1ccncc1. The number of benzene rings is 1. The van der Waals surface area contributed by atoms with Gasteiger partial charge in [0.2, 0.25) is 5.88 Å². The molecule has 2 aromatic heterocycles. The van der Waals surface area contributed by atoms with Gasteiger partial charge < -0.3 is 10.3 Å². The van der Waals surface area contributed by atoms with E-state index in [0.29, 0.717) is 10.7 Å². The second-order valence-corrected chi connectivity index (χ2v) is 5.42. The lowest BCUT2D eigenvalue weighted by molar-refractivity contribution is 0.439. The lowest BCUT2D eigenvalue weighted by Crippen LogP contribution is -1.88. The van der Waals surface area contributed by atoms with Crippen molar-refractivity contribution in [3.63, 3.8) is 0 Å². The van der Waals surface area contributed by atoms with Gasteiger partial charge in [-0.2, -0.15) is 0 Å². The van der Waals surface area contributed by atoms with Crippen LogP contribution in [-0.4, -0.2) is 10.1 Å². The molecule has 100 valence electrons. The van der Waals surface area contributed by atoms with Crippen LogP contribution in [0.5, 0.6) is 0 Å². The Morgan fingerprint density at radius 1 is 1.15 bits per heavy atom. The van der Waals surface area contributed by atoms with Crippen molar-refractivity contribution in [2.45, 2.75) is 0 Å². The lowest BCUT2D eigenvalue weighted by atomic mass is 10.0. The van der Waals surface area contributed by atoms with Gasteiger partial charge in [0.1, 0.15) is 5.69 Å². The highest BCUT2D eigenvalue weighted by Gasteiger charge is 2.19. The summed E-state index contributed by atoms with van der Waals surface area (Å²) in [5.41, 5.74) is 9.07. The van der Waals surface area contributed by atoms with E-state index in [0.717, 1.165) is 21.2 Å². The van der Waals surface area contributed by atoms with Gasteiger partial charge >= 0.3 is 0 Å². The number of anilines is 1. The zero-order valence-electron chi connectivity index (χ0n) is 10.2. The number of nitrogens with zero attached hydrogens (tertiary/aromatic N) is 2. The minimum Gasteiger partial charge on any atom is -0.367 e. The highest BCUT2D eigenvalue weighted by Crippen LogP contribution is 2.39. The second-order valence-electron chi connectivity index (χ2n) is 4.13. The van der Waals surface area contributed by atoms with Crippen molar-refractivity contribution < 1.29 is 4.52 Å².